The van der Waals surface area contributed by atoms with E-state index in [1.807, 2.05) is 6.07 Å². The standard InChI is InChI=1S/C16H19N3OS/c1-20-9-7-17-10-13-6-8-19(11-13)12-16-18-14-4-2-3-5-15(14)21-16/h2-6,8,11,17H,7,9-10,12H2,1H3. The molecule has 0 atom stereocenters. The highest BCUT2D eigenvalue weighted by molar-refractivity contribution is 7.18. The van der Waals surface area contributed by atoms with Gasteiger partial charge in [0.1, 0.15) is 5.01 Å². The van der Waals surface area contributed by atoms with E-state index in [0.717, 1.165) is 36.8 Å². The summed E-state index contributed by atoms with van der Waals surface area (Å²) in [6, 6.07) is 10.4. The number of nitrogens with zero attached hydrogens (tertiary/aromatic N) is 2. The molecule has 110 valence electrons. The fourth-order valence-corrected chi connectivity index (χ4v) is 3.22. The lowest BCUT2D eigenvalue weighted by atomic mass is 10.3. The van der Waals surface area contributed by atoms with E-state index in [9.17, 15) is 0 Å². The van der Waals surface area contributed by atoms with Gasteiger partial charge in [-0.2, -0.15) is 0 Å². The molecule has 0 spiro atoms. The summed E-state index contributed by atoms with van der Waals surface area (Å²) in [6.45, 7) is 3.32. The van der Waals surface area contributed by atoms with Crippen molar-refractivity contribution in [3.8, 4) is 0 Å². The monoisotopic (exact) mass is 301 g/mol. The third kappa shape index (κ3) is 3.69. The zero-order valence-electron chi connectivity index (χ0n) is 12.1. The van der Waals surface area contributed by atoms with Gasteiger partial charge in [0.05, 0.1) is 23.4 Å². The van der Waals surface area contributed by atoms with Crippen LogP contribution >= 0.6 is 11.3 Å². The molecule has 0 saturated heterocycles. The van der Waals surface area contributed by atoms with E-state index in [0.29, 0.717) is 0 Å². The zero-order valence-corrected chi connectivity index (χ0v) is 12.9. The highest BCUT2D eigenvalue weighted by Gasteiger charge is 2.04. The van der Waals surface area contributed by atoms with E-state index >= 15 is 0 Å². The lowest BCUT2D eigenvalue weighted by molar-refractivity contribution is 0.199. The molecule has 0 amide bonds. The number of thiazole rings is 1. The van der Waals surface area contributed by atoms with Gasteiger partial charge in [-0.3, -0.25) is 0 Å². The number of rotatable bonds is 7. The van der Waals surface area contributed by atoms with Gasteiger partial charge in [-0.05, 0) is 23.8 Å². The largest absolute Gasteiger partial charge is 0.383 e. The number of para-hydroxylation sites is 1. The molecule has 21 heavy (non-hydrogen) atoms. The molecule has 3 rings (SSSR count). The summed E-state index contributed by atoms with van der Waals surface area (Å²) < 4.78 is 8.45. The van der Waals surface area contributed by atoms with Crippen LogP contribution in [0.4, 0.5) is 0 Å². The van der Waals surface area contributed by atoms with Crippen LogP contribution < -0.4 is 5.32 Å². The van der Waals surface area contributed by atoms with Crippen LogP contribution in [-0.4, -0.2) is 29.8 Å². The molecule has 0 aliphatic heterocycles. The summed E-state index contributed by atoms with van der Waals surface area (Å²) in [6.07, 6.45) is 4.28. The van der Waals surface area contributed by atoms with Crippen molar-refractivity contribution in [1.82, 2.24) is 14.9 Å². The third-order valence-electron chi connectivity index (χ3n) is 3.28. The summed E-state index contributed by atoms with van der Waals surface area (Å²) >= 11 is 1.76. The Morgan fingerprint density at radius 1 is 1.29 bits per heavy atom. The Labute approximate surface area is 128 Å². The van der Waals surface area contributed by atoms with Crippen LogP contribution in [0.15, 0.2) is 42.7 Å². The minimum absolute atomic E-state index is 0.742. The van der Waals surface area contributed by atoms with Crippen molar-refractivity contribution in [3.63, 3.8) is 0 Å². The number of methoxy groups -OCH3 is 1. The number of benzene rings is 1. The van der Waals surface area contributed by atoms with Crippen LogP contribution in [0.25, 0.3) is 10.2 Å². The van der Waals surface area contributed by atoms with E-state index in [2.05, 4.69) is 51.5 Å². The second-order valence-electron chi connectivity index (χ2n) is 4.94. The fraction of sp³-hybridized carbons (Fsp3) is 0.312. The van der Waals surface area contributed by atoms with Crippen molar-refractivity contribution in [3.05, 3.63) is 53.3 Å². The minimum Gasteiger partial charge on any atom is -0.383 e. The summed E-state index contributed by atoms with van der Waals surface area (Å²) in [5.41, 5.74) is 2.37. The molecular weight excluding hydrogens is 282 g/mol. The number of aromatic nitrogens is 2. The minimum atomic E-state index is 0.742. The van der Waals surface area contributed by atoms with Crippen molar-refractivity contribution in [2.75, 3.05) is 20.3 Å². The highest BCUT2D eigenvalue weighted by atomic mass is 32.1. The second-order valence-corrected chi connectivity index (χ2v) is 6.05. The topological polar surface area (TPSA) is 39.1 Å². The summed E-state index contributed by atoms with van der Waals surface area (Å²) in [7, 11) is 1.72. The maximum absolute atomic E-state index is 5.02. The van der Waals surface area contributed by atoms with E-state index in [4.69, 9.17) is 4.74 Å². The first kappa shape index (κ1) is 14.3. The quantitative estimate of drug-likeness (QED) is 0.682. The lowest BCUT2D eigenvalue weighted by Crippen LogP contribution is -2.18. The van der Waals surface area contributed by atoms with E-state index in [-0.39, 0.29) is 0 Å². The molecule has 2 aromatic heterocycles. The van der Waals surface area contributed by atoms with Crippen LogP contribution in [0.2, 0.25) is 0 Å². The second kappa shape index (κ2) is 6.85. The molecule has 1 N–H and O–H groups in total. The van der Waals surface area contributed by atoms with E-state index < -0.39 is 0 Å². The average molecular weight is 301 g/mol. The van der Waals surface area contributed by atoms with Gasteiger partial charge in [-0.1, -0.05) is 12.1 Å². The van der Waals surface area contributed by atoms with Gasteiger partial charge in [-0.15, -0.1) is 11.3 Å². The molecule has 0 saturated carbocycles. The Bertz CT molecular complexity index is 671. The molecular formula is C16H19N3OS. The Hall–Kier alpha value is -1.69. The fourth-order valence-electron chi connectivity index (χ4n) is 2.24. The molecule has 0 bridgehead atoms. The first-order chi connectivity index (χ1) is 10.3. The number of nitrogens with one attached hydrogen (secondary N) is 1. The molecule has 0 unspecified atom stereocenters. The average Bonchev–Trinajstić information content (AvgIpc) is 3.10. The molecule has 0 fully saturated rings. The van der Waals surface area contributed by atoms with Gasteiger partial charge in [0, 0.05) is 32.6 Å². The zero-order chi connectivity index (χ0) is 14.5. The van der Waals surface area contributed by atoms with Gasteiger partial charge < -0.3 is 14.6 Å². The van der Waals surface area contributed by atoms with Crippen LogP contribution in [0.3, 0.4) is 0 Å². The van der Waals surface area contributed by atoms with E-state index in [1.165, 1.54) is 10.3 Å². The molecule has 3 aromatic rings. The molecule has 1 aromatic carbocycles. The Morgan fingerprint density at radius 3 is 3.05 bits per heavy atom. The number of hydrogen-bond acceptors (Lipinski definition) is 4. The SMILES string of the molecule is COCCNCc1ccn(Cc2nc3ccccc3s2)c1. The predicted molar refractivity (Wildman–Crippen MR) is 86.7 cm³/mol. The molecule has 2 heterocycles. The lowest BCUT2D eigenvalue weighted by Gasteiger charge is -2.02. The van der Waals surface area contributed by atoms with Crippen LogP contribution in [0.1, 0.15) is 10.6 Å². The smallest absolute Gasteiger partial charge is 0.114 e. The number of fused-ring (bicyclic) bond motifs is 1. The van der Waals surface area contributed by atoms with Crippen molar-refractivity contribution < 1.29 is 4.74 Å². The van der Waals surface area contributed by atoms with Gasteiger partial charge in [0.25, 0.3) is 0 Å². The van der Waals surface area contributed by atoms with Crippen molar-refractivity contribution in [1.29, 1.82) is 0 Å². The number of ether oxygens (including phenoxy) is 1. The predicted octanol–water partition coefficient (Wildman–Crippen LogP) is 2.88. The van der Waals surface area contributed by atoms with Crippen LogP contribution in [0, 0.1) is 0 Å². The molecule has 0 radical (unpaired) electrons. The normalized spacial score (nSPS) is 11.3. The van der Waals surface area contributed by atoms with Crippen molar-refractivity contribution in [2.24, 2.45) is 0 Å². The first-order valence-corrected chi connectivity index (χ1v) is 7.85. The summed E-state index contributed by atoms with van der Waals surface area (Å²) in [4.78, 5) is 4.67. The van der Waals surface area contributed by atoms with E-state index in [1.54, 1.807) is 18.4 Å². The maximum atomic E-state index is 5.02. The van der Waals surface area contributed by atoms with Gasteiger partial charge in [-0.25, -0.2) is 4.98 Å². The Morgan fingerprint density at radius 2 is 2.19 bits per heavy atom. The summed E-state index contributed by atoms with van der Waals surface area (Å²) in [5.74, 6) is 0. The van der Waals surface area contributed by atoms with Gasteiger partial charge in [0.15, 0.2) is 0 Å². The van der Waals surface area contributed by atoms with Gasteiger partial charge >= 0.3 is 0 Å². The van der Waals surface area contributed by atoms with Crippen molar-refractivity contribution >= 4 is 21.6 Å². The Kier molecular flexibility index (Phi) is 4.65. The number of hydrogen-bond donors (Lipinski definition) is 1. The highest BCUT2D eigenvalue weighted by Crippen LogP contribution is 2.22. The molecule has 0 aliphatic rings. The molecule has 4 nitrogen and oxygen atoms in total. The van der Waals surface area contributed by atoms with Crippen LogP contribution in [0.5, 0.6) is 0 Å². The van der Waals surface area contributed by atoms with Gasteiger partial charge in [0.2, 0.25) is 0 Å². The van der Waals surface area contributed by atoms with Crippen LogP contribution in [-0.2, 0) is 17.8 Å². The Balaban J connectivity index is 1.61. The van der Waals surface area contributed by atoms with Crippen molar-refractivity contribution in [2.45, 2.75) is 13.1 Å². The molecule has 0 aliphatic carbocycles. The third-order valence-corrected chi connectivity index (χ3v) is 4.30. The maximum Gasteiger partial charge on any atom is 0.114 e. The summed E-state index contributed by atoms with van der Waals surface area (Å²) in [5, 5.41) is 4.49. The first-order valence-electron chi connectivity index (χ1n) is 7.04. The molecule has 5 heteroatoms.